The van der Waals surface area contributed by atoms with Gasteiger partial charge >= 0.3 is 0 Å². The highest BCUT2D eigenvalue weighted by atomic mass is 15.4. The van der Waals surface area contributed by atoms with Crippen LogP contribution >= 0.6 is 0 Å². The predicted molar refractivity (Wildman–Crippen MR) is 40.0 cm³/mol. The van der Waals surface area contributed by atoms with Crippen LogP contribution in [0.25, 0.3) is 0 Å². The van der Waals surface area contributed by atoms with Gasteiger partial charge < -0.3 is 5.32 Å². The molecule has 1 rings (SSSR count). The van der Waals surface area contributed by atoms with Crippen LogP contribution in [-0.4, -0.2) is 21.8 Å². The molecule has 1 aromatic rings. The minimum atomic E-state index is 0.384. The van der Waals surface area contributed by atoms with Gasteiger partial charge in [0.1, 0.15) is 6.33 Å². The minimum Gasteiger partial charge on any atom is -0.356 e. The third kappa shape index (κ3) is 1.26. The topological polar surface area (TPSA) is 42.7 Å². The molecule has 0 aliphatic heterocycles. The highest BCUT2D eigenvalue weighted by molar-refractivity contribution is 5.18. The van der Waals surface area contributed by atoms with Gasteiger partial charge in [-0.3, -0.25) is 0 Å². The molecule has 0 spiro atoms. The standard InChI is InChI=1S/C6H12N4/c1-5(2)10-4-8-6(7-3)9-10/h4-5H,1-3H3,(H,7,9). The van der Waals surface area contributed by atoms with Gasteiger partial charge in [0, 0.05) is 13.1 Å². The van der Waals surface area contributed by atoms with Gasteiger partial charge in [0.15, 0.2) is 0 Å². The smallest absolute Gasteiger partial charge is 0.241 e. The molecule has 4 heteroatoms. The zero-order valence-electron chi connectivity index (χ0n) is 6.50. The summed E-state index contributed by atoms with van der Waals surface area (Å²) in [7, 11) is 1.81. The summed E-state index contributed by atoms with van der Waals surface area (Å²) in [6.07, 6.45) is 1.72. The summed E-state index contributed by atoms with van der Waals surface area (Å²) in [5.74, 6) is 0.675. The van der Waals surface area contributed by atoms with Crippen LogP contribution in [0.5, 0.6) is 0 Å². The van der Waals surface area contributed by atoms with Crippen LogP contribution in [0.3, 0.4) is 0 Å². The fraction of sp³-hybridized carbons (Fsp3) is 0.667. The molecule has 0 aliphatic carbocycles. The van der Waals surface area contributed by atoms with Gasteiger partial charge in [-0.1, -0.05) is 0 Å². The molecule has 0 saturated heterocycles. The van der Waals surface area contributed by atoms with E-state index in [9.17, 15) is 0 Å². The third-order valence-electron chi connectivity index (χ3n) is 1.26. The Hall–Kier alpha value is -1.06. The largest absolute Gasteiger partial charge is 0.356 e. The Morgan fingerprint density at radius 2 is 2.30 bits per heavy atom. The van der Waals surface area contributed by atoms with E-state index in [1.165, 1.54) is 0 Å². The summed E-state index contributed by atoms with van der Waals surface area (Å²) in [5.41, 5.74) is 0. The van der Waals surface area contributed by atoms with Crippen molar-refractivity contribution in [2.24, 2.45) is 0 Å². The van der Waals surface area contributed by atoms with Crippen molar-refractivity contribution in [2.75, 3.05) is 12.4 Å². The second-order valence-corrected chi connectivity index (χ2v) is 2.39. The Labute approximate surface area is 60.3 Å². The van der Waals surface area contributed by atoms with Gasteiger partial charge in [-0.05, 0) is 13.8 Å². The zero-order chi connectivity index (χ0) is 7.56. The molecule has 56 valence electrons. The maximum Gasteiger partial charge on any atom is 0.241 e. The van der Waals surface area contributed by atoms with Crippen molar-refractivity contribution in [2.45, 2.75) is 19.9 Å². The minimum absolute atomic E-state index is 0.384. The first-order chi connectivity index (χ1) is 4.74. The van der Waals surface area contributed by atoms with Crippen LogP contribution in [0.2, 0.25) is 0 Å². The molecule has 0 fully saturated rings. The first kappa shape index (κ1) is 7.05. The molecule has 0 unspecified atom stereocenters. The van der Waals surface area contributed by atoms with E-state index in [1.54, 1.807) is 13.4 Å². The summed E-state index contributed by atoms with van der Waals surface area (Å²) >= 11 is 0. The van der Waals surface area contributed by atoms with Gasteiger partial charge in [0.05, 0.1) is 0 Å². The van der Waals surface area contributed by atoms with Gasteiger partial charge in [-0.25, -0.2) is 9.67 Å². The van der Waals surface area contributed by atoms with E-state index in [4.69, 9.17) is 0 Å². The fourth-order valence-electron chi connectivity index (χ4n) is 0.638. The normalized spacial score (nSPS) is 10.4. The number of nitrogens with one attached hydrogen (secondary N) is 1. The Balaban J connectivity index is 2.78. The molecule has 0 amide bonds. The quantitative estimate of drug-likeness (QED) is 0.663. The lowest BCUT2D eigenvalue weighted by Crippen LogP contribution is -2.01. The average molecular weight is 140 g/mol. The summed E-state index contributed by atoms with van der Waals surface area (Å²) in [6, 6.07) is 0.384. The van der Waals surface area contributed by atoms with Gasteiger partial charge in [-0.2, -0.15) is 0 Å². The number of anilines is 1. The van der Waals surface area contributed by atoms with E-state index in [0.29, 0.717) is 12.0 Å². The van der Waals surface area contributed by atoms with Crippen LogP contribution in [0.1, 0.15) is 19.9 Å². The lowest BCUT2D eigenvalue weighted by atomic mass is 10.4. The number of nitrogens with zero attached hydrogens (tertiary/aromatic N) is 3. The van der Waals surface area contributed by atoms with Crippen molar-refractivity contribution in [3.05, 3.63) is 6.33 Å². The van der Waals surface area contributed by atoms with Crippen LogP contribution in [0.15, 0.2) is 6.33 Å². The van der Waals surface area contributed by atoms with E-state index in [1.807, 2.05) is 4.68 Å². The van der Waals surface area contributed by atoms with Crippen molar-refractivity contribution >= 4 is 5.95 Å². The van der Waals surface area contributed by atoms with E-state index in [-0.39, 0.29) is 0 Å². The molecule has 0 saturated carbocycles. The highest BCUT2D eigenvalue weighted by Crippen LogP contribution is 2.02. The van der Waals surface area contributed by atoms with Crippen molar-refractivity contribution in [1.29, 1.82) is 0 Å². The Bertz CT molecular complexity index is 203. The van der Waals surface area contributed by atoms with Crippen molar-refractivity contribution < 1.29 is 0 Å². The molecule has 0 atom stereocenters. The zero-order valence-corrected chi connectivity index (χ0v) is 6.50. The maximum absolute atomic E-state index is 4.12. The highest BCUT2D eigenvalue weighted by Gasteiger charge is 1.99. The molecular weight excluding hydrogens is 128 g/mol. The molecule has 0 radical (unpaired) electrons. The van der Waals surface area contributed by atoms with Gasteiger partial charge in [-0.15, -0.1) is 5.10 Å². The second-order valence-electron chi connectivity index (χ2n) is 2.39. The summed E-state index contributed by atoms with van der Waals surface area (Å²) in [4.78, 5) is 4.00. The molecule has 0 aliphatic rings. The van der Waals surface area contributed by atoms with Crippen molar-refractivity contribution in [3.8, 4) is 0 Å². The molecule has 0 aromatic carbocycles. The first-order valence-corrected chi connectivity index (χ1v) is 3.33. The predicted octanol–water partition coefficient (Wildman–Crippen LogP) is 0.901. The maximum atomic E-state index is 4.12. The molecule has 1 heterocycles. The van der Waals surface area contributed by atoms with E-state index < -0.39 is 0 Å². The van der Waals surface area contributed by atoms with E-state index in [0.717, 1.165) is 0 Å². The first-order valence-electron chi connectivity index (χ1n) is 3.33. The molecule has 1 aromatic heterocycles. The summed E-state index contributed by atoms with van der Waals surface area (Å²) in [5, 5.41) is 6.98. The van der Waals surface area contributed by atoms with E-state index >= 15 is 0 Å². The van der Waals surface area contributed by atoms with Gasteiger partial charge in [0.2, 0.25) is 5.95 Å². The number of rotatable bonds is 2. The van der Waals surface area contributed by atoms with E-state index in [2.05, 4.69) is 29.2 Å². The fourth-order valence-corrected chi connectivity index (χ4v) is 0.638. The second kappa shape index (κ2) is 2.68. The van der Waals surface area contributed by atoms with Crippen LogP contribution in [0.4, 0.5) is 5.95 Å². The number of hydrogen-bond acceptors (Lipinski definition) is 3. The molecule has 4 nitrogen and oxygen atoms in total. The SMILES string of the molecule is CNc1ncn(C(C)C)n1. The van der Waals surface area contributed by atoms with Crippen LogP contribution < -0.4 is 5.32 Å². The van der Waals surface area contributed by atoms with Crippen molar-refractivity contribution in [3.63, 3.8) is 0 Å². The Morgan fingerprint density at radius 3 is 2.60 bits per heavy atom. The summed E-state index contributed by atoms with van der Waals surface area (Å²) < 4.78 is 1.81. The molecule has 1 N–H and O–H groups in total. The summed E-state index contributed by atoms with van der Waals surface area (Å²) in [6.45, 7) is 4.13. The van der Waals surface area contributed by atoms with Crippen molar-refractivity contribution in [1.82, 2.24) is 14.8 Å². The molecule has 10 heavy (non-hydrogen) atoms. The van der Waals surface area contributed by atoms with Gasteiger partial charge in [0.25, 0.3) is 0 Å². The number of hydrogen-bond donors (Lipinski definition) is 1. The monoisotopic (exact) mass is 140 g/mol. The van der Waals surface area contributed by atoms with Crippen LogP contribution in [-0.2, 0) is 0 Å². The number of aromatic nitrogens is 3. The average Bonchev–Trinajstić information content (AvgIpc) is 2.34. The third-order valence-corrected chi connectivity index (χ3v) is 1.26. The lowest BCUT2D eigenvalue weighted by Gasteiger charge is -2.01. The lowest BCUT2D eigenvalue weighted by molar-refractivity contribution is 0.532. The molecular formula is C6H12N4. The Kier molecular flexibility index (Phi) is 1.89. The van der Waals surface area contributed by atoms with Crippen LogP contribution in [0, 0.1) is 0 Å². The Morgan fingerprint density at radius 1 is 1.60 bits per heavy atom. The molecule has 0 bridgehead atoms.